The highest BCUT2D eigenvalue weighted by molar-refractivity contribution is 7.14. The van der Waals surface area contributed by atoms with E-state index in [4.69, 9.17) is 4.74 Å². The molecule has 0 unspecified atom stereocenters. The summed E-state index contributed by atoms with van der Waals surface area (Å²) in [4.78, 5) is 16.9. The maximum atomic E-state index is 12.3. The molecule has 1 aliphatic rings. The zero-order valence-electron chi connectivity index (χ0n) is 16.5. The number of hydrogen-bond acceptors (Lipinski definition) is 4. The third-order valence-corrected chi connectivity index (χ3v) is 5.77. The molecule has 0 bridgehead atoms. The Kier molecular flexibility index (Phi) is 6.06. The van der Waals surface area contributed by atoms with Gasteiger partial charge in [-0.05, 0) is 61.9 Å². The van der Waals surface area contributed by atoms with Gasteiger partial charge in [0.1, 0.15) is 5.75 Å². The lowest BCUT2D eigenvalue weighted by molar-refractivity contribution is -0.111. The average molecular weight is 405 g/mol. The second-order valence-electron chi connectivity index (χ2n) is 7.02. The first-order valence-corrected chi connectivity index (χ1v) is 10.9. The van der Waals surface area contributed by atoms with Gasteiger partial charge in [-0.25, -0.2) is 4.98 Å². The molecule has 0 fully saturated rings. The molecule has 0 saturated heterocycles. The van der Waals surface area contributed by atoms with E-state index in [1.807, 2.05) is 36.6 Å². The van der Waals surface area contributed by atoms with Crippen LogP contribution < -0.4 is 10.1 Å². The maximum Gasteiger partial charge on any atom is 0.250 e. The molecular weight excluding hydrogens is 380 g/mol. The van der Waals surface area contributed by atoms with Crippen molar-refractivity contribution in [3.63, 3.8) is 0 Å². The zero-order valence-corrected chi connectivity index (χ0v) is 17.3. The molecule has 1 aromatic heterocycles. The quantitative estimate of drug-likeness (QED) is 0.533. The van der Waals surface area contributed by atoms with Crippen molar-refractivity contribution in [1.82, 2.24) is 4.98 Å². The third-order valence-electron chi connectivity index (χ3n) is 5.01. The monoisotopic (exact) mass is 404 g/mol. The highest BCUT2D eigenvalue weighted by Crippen LogP contribution is 2.29. The minimum atomic E-state index is -0.206. The number of carbonyl (C=O) groups is 1. The van der Waals surface area contributed by atoms with Gasteiger partial charge in [-0.1, -0.05) is 30.3 Å². The Bertz CT molecular complexity index is 1040. The van der Waals surface area contributed by atoms with Crippen LogP contribution in [0.2, 0.25) is 0 Å². The molecule has 29 heavy (non-hydrogen) atoms. The average Bonchev–Trinajstić information content (AvgIpc) is 3.21. The topological polar surface area (TPSA) is 51.2 Å². The number of rotatable bonds is 6. The summed E-state index contributed by atoms with van der Waals surface area (Å²) in [7, 11) is 0. The lowest BCUT2D eigenvalue weighted by Gasteiger charge is -2.16. The highest BCUT2D eigenvalue weighted by Gasteiger charge is 2.12. The Labute approximate surface area is 175 Å². The minimum absolute atomic E-state index is 0.206. The third kappa shape index (κ3) is 4.74. The largest absolute Gasteiger partial charge is 0.493 e. The van der Waals surface area contributed by atoms with Crippen LogP contribution in [-0.2, 0) is 17.6 Å². The van der Waals surface area contributed by atoms with Crippen LogP contribution in [0, 0.1) is 0 Å². The number of aryl methyl sites for hydroxylation is 2. The van der Waals surface area contributed by atoms with Crippen LogP contribution in [0.25, 0.3) is 17.3 Å². The SMILES string of the molecule is CCOc1ccccc1/C=C/C(=O)Nc1nc(-c2ccc3c(c2)CCCC3)cs1. The molecule has 0 spiro atoms. The van der Waals surface area contributed by atoms with Gasteiger partial charge in [0.2, 0.25) is 5.91 Å². The van der Waals surface area contributed by atoms with E-state index in [2.05, 4.69) is 28.5 Å². The van der Waals surface area contributed by atoms with E-state index in [1.54, 1.807) is 6.08 Å². The van der Waals surface area contributed by atoms with E-state index in [9.17, 15) is 4.79 Å². The smallest absolute Gasteiger partial charge is 0.250 e. The lowest BCUT2D eigenvalue weighted by Crippen LogP contribution is -2.07. The predicted molar refractivity (Wildman–Crippen MR) is 119 cm³/mol. The fraction of sp³-hybridized carbons (Fsp3) is 0.250. The molecule has 1 heterocycles. The van der Waals surface area contributed by atoms with E-state index in [0.29, 0.717) is 11.7 Å². The molecule has 1 N–H and O–H groups in total. The number of para-hydroxylation sites is 1. The second-order valence-corrected chi connectivity index (χ2v) is 7.88. The number of ether oxygens (including phenoxy) is 1. The Morgan fingerprint density at radius 2 is 2.00 bits per heavy atom. The zero-order chi connectivity index (χ0) is 20.1. The van der Waals surface area contributed by atoms with Gasteiger partial charge < -0.3 is 4.74 Å². The number of carbonyl (C=O) groups excluding carboxylic acids is 1. The number of anilines is 1. The van der Waals surface area contributed by atoms with Gasteiger partial charge in [0.15, 0.2) is 5.13 Å². The first-order valence-electron chi connectivity index (χ1n) is 10.0. The Hall–Kier alpha value is -2.92. The molecule has 4 rings (SSSR count). The number of hydrogen-bond donors (Lipinski definition) is 1. The normalized spacial score (nSPS) is 13.3. The van der Waals surface area contributed by atoms with Crippen LogP contribution >= 0.6 is 11.3 Å². The molecule has 1 aliphatic carbocycles. The van der Waals surface area contributed by atoms with Crippen LogP contribution in [0.3, 0.4) is 0 Å². The van der Waals surface area contributed by atoms with Crippen molar-refractivity contribution in [2.45, 2.75) is 32.6 Å². The van der Waals surface area contributed by atoms with Crippen molar-refractivity contribution in [2.75, 3.05) is 11.9 Å². The Balaban J connectivity index is 1.43. The molecule has 0 radical (unpaired) electrons. The molecule has 1 amide bonds. The number of aromatic nitrogens is 1. The number of nitrogens with one attached hydrogen (secondary N) is 1. The molecule has 0 atom stereocenters. The van der Waals surface area contributed by atoms with Crippen LogP contribution in [0.4, 0.5) is 5.13 Å². The number of amides is 1. The molecule has 148 valence electrons. The fourth-order valence-corrected chi connectivity index (χ4v) is 4.30. The van der Waals surface area contributed by atoms with Crippen LogP contribution in [0.5, 0.6) is 5.75 Å². The molecule has 5 heteroatoms. The first kappa shape index (κ1) is 19.4. The van der Waals surface area contributed by atoms with E-state index in [-0.39, 0.29) is 5.91 Å². The van der Waals surface area contributed by atoms with Crippen molar-refractivity contribution >= 4 is 28.5 Å². The highest BCUT2D eigenvalue weighted by atomic mass is 32.1. The van der Waals surface area contributed by atoms with Gasteiger partial charge in [0.25, 0.3) is 0 Å². The lowest BCUT2D eigenvalue weighted by atomic mass is 9.90. The molecule has 0 aliphatic heterocycles. The minimum Gasteiger partial charge on any atom is -0.493 e. The van der Waals surface area contributed by atoms with Gasteiger partial charge in [-0.3, -0.25) is 10.1 Å². The summed E-state index contributed by atoms with van der Waals surface area (Å²) >= 11 is 1.44. The van der Waals surface area contributed by atoms with Gasteiger partial charge in [0.05, 0.1) is 12.3 Å². The summed E-state index contributed by atoms with van der Waals surface area (Å²) in [5.74, 6) is 0.561. The van der Waals surface area contributed by atoms with Crippen molar-refractivity contribution in [3.05, 3.63) is 70.6 Å². The van der Waals surface area contributed by atoms with Crippen LogP contribution in [0.15, 0.2) is 53.9 Å². The first-order chi connectivity index (χ1) is 14.2. The summed E-state index contributed by atoms with van der Waals surface area (Å²) in [5.41, 5.74) is 5.79. The van der Waals surface area contributed by atoms with E-state index in [1.165, 1.54) is 47.8 Å². The van der Waals surface area contributed by atoms with Gasteiger partial charge >= 0.3 is 0 Å². The Morgan fingerprint density at radius 1 is 1.17 bits per heavy atom. The van der Waals surface area contributed by atoms with Gasteiger partial charge in [-0.2, -0.15) is 0 Å². The summed E-state index contributed by atoms with van der Waals surface area (Å²) in [6.45, 7) is 2.53. The maximum absolute atomic E-state index is 12.3. The number of thiazole rings is 1. The van der Waals surface area contributed by atoms with E-state index >= 15 is 0 Å². The fourth-order valence-electron chi connectivity index (χ4n) is 3.57. The van der Waals surface area contributed by atoms with Gasteiger partial charge in [-0.15, -0.1) is 11.3 Å². The summed E-state index contributed by atoms with van der Waals surface area (Å²) < 4.78 is 5.59. The second kappa shape index (κ2) is 9.05. The summed E-state index contributed by atoms with van der Waals surface area (Å²) in [6, 6.07) is 14.3. The Morgan fingerprint density at radius 3 is 2.86 bits per heavy atom. The summed E-state index contributed by atoms with van der Waals surface area (Å²) in [5, 5.41) is 5.45. The number of nitrogens with zero attached hydrogens (tertiary/aromatic N) is 1. The van der Waals surface area contributed by atoms with Crippen molar-refractivity contribution in [1.29, 1.82) is 0 Å². The number of fused-ring (bicyclic) bond motifs is 1. The molecule has 3 aromatic rings. The molecule has 2 aromatic carbocycles. The van der Waals surface area contributed by atoms with Crippen molar-refractivity contribution in [2.24, 2.45) is 0 Å². The van der Waals surface area contributed by atoms with Crippen LogP contribution in [0.1, 0.15) is 36.5 Å². The number of benzene rings is 2. The predicted octanol–water partition coefficient (Wildman–Crippen LogP) is 5.74. The van der Waals surface area contributed by atoms with Crippen molar-refractivity contribution < 1.29 is 9.53 Å². The molecular formula is C24H24N2O2S. The summed E-state index contributed by atoms with van der Waals surface area (Å²) in [6.07, 6.45) is 8.13. The van der Waals surface area contributed by atoms with Crippen LogP contribution in [-0.4, -0.2) is 17.5 Å². The molecule has 0 saturated carbocycles. The standard InChI is InChI=1S/C24H24N2O2S/c1-2-28-22-10-6-5-8-18(22)13-14-23(27)26-24-25-21(16-29-24)20-12-11-17-7-3-4-9-19(17)15-20/h5-6,8,10-16H,2-4,7,9H2,1H3,(H,25,26,27)/b14-13+. The van der Waals surface area contributed by atoms with E-state index < -0.39 is 0 Å². The van der Waals surface area contributed by atoms with Gasteiger partial charge in [0, 0.05) is 22.6 Å². The van der Waals surface area contributed by atoms with E-state index in [0.717, 1.165) is 29.0 Å². The molecule has 4 nitrogen and oxygen atoms in total. The van der Waals surface area contributed by atoms with Crippen molar-refractivity contribution in [3.8, 4) is 17.0 Å².